The summed E-state index contributed by atoms with van der Waals surface area (Å²) in [5.41, 5.74) is 4.29. The summed E-state index contributed by atoms with van der Waals surface area (Å²) in [6, 6.07) is 39.7. The third-order valence-electron chi connectivity index (χ3n) is 4.90. The molecule has 0 saturated heterocycles. The van der Waals surface area contributed by atoms with Crippen LogP contribution in [0, 0.1) is 0 Å². The Labute approximate surface area is 205 Å². The van der Waals surface area contributed by atoms with Gasteiger partial charge in [0.15, 0.2) is 0 Å². The van der Waals surface area contributed by atoms with Gasteiger partial charge in [0.05, 0.1) is 0 Å². The first-order valence-electron chi connectivity index (χ1n) is 9.47. The first-order valence-corrected chi connectivity index (χ1v) is 12.3. The van der Waals surface area contributed by atoms with Crippen LogP contribution in [0.15, 0.2) is 109 Å². The van der Waals surface area contributed by atoms with Crippen molar-refractivity contribution >= 4 is 70.4 Å². The first kappa shape index (κ1) is 22.5. The monoisotopic (exact) mass is 620 g/mol. The van der Waals surface area contributed by atoms with E-state index in [1.807, 2.05) is 0 Å². The quantitative estimate of drug-likeness (QED) is 0.130. The Kier molecular flexibility index (Phi) is 8.70. The molecule has 3 heteroatoms. The van der Waals surface area contributed by atoms with Crippen LogP contribution in [0.1, 0.15) is 16.7 Å². The van der Waals surface area contributed by atoms with E-state index < -0.39 is 7.92 Å². The Morgan fingerprint density at radius 3 is 1.52 bits per heavy atom. The van der Waals surface area contributed by atoms with Gasteiger partial charge in [-0.05, 0) is 46.9 Å². The molecule has 0 atom stereocenters. The topological polar surface area (TPSA) is 0 Å². The zero-order chi connectivity index (χ0) is 19.2. The molecule has 0 fully saturated rings. The molecule has 4 rings (SSSR count). The molecule has 29 heavy (non-hydrogen) atoms. The summed E-state index contributed by atoms with van der Waals surface area (Å²) >= 11 is 2.47. The van der Waals surface area contributed by atoms with E-state index >= 15 is 0 Å². The van der Waals surface area contributed by atoms with Crippen LogP contribution in [0.25, 0.3) is 0 Å². The Balaban J connectivity index is 0.00000240. The van der Waals surface area contributed by atoms with Gasteiger partial charge in [0.25, 0.3) is 0 Å². The number of benzene rings is 4. The van der Waals surface area contributed by atoms with Gasteiger partial charge >= 0.3 is 0 Å². The first-order chi connectivity index (χ1) is 13.9. The molecule has 0 aromatic heterocycles. The Bertz CT molecular complexity index is 993. The minimum absolute atomic E-state index is 0. The van der Waals surface area contributed by atoms with Gasteiger partial charge in [-0.15, -0.1) is 24.0 Å². The van der Waals surface area contributed by atoms with Gasteiger partial charge in [0, 0.05) is 4.43 Å². The Morgan fingerprint density at radius 2 is 0.966 bits per heavy atom. The van der Waals surface area contributed by atoms with E-state index in [-0.39, 0.29) is 24.0 Å². The number of rotatable bonds is 6. The molecule has 146 valence electrons. The van der Waals surface area contributed by atoms with E-state index in [0.29, 0.717) is 0 Å². The molecule has 0 bridgehead atoms. The van der Waals surface area contributed by atoms with Crippen LogP contribution in [0.2, 0.25) is 0 Å². The second kappa shape index (κ2) is 11.2. The molecule has 0 N–H and O–H groups in total. The second-order valence-corrected chi connectivity index (χ2v) is 9.66. The normalized spacial score (nSPS) is 10.6. The van der Waals surface area contributed by atoms with Gasteiger partial charge in [-0.2, -0.15) is 0 Å². The fourth-order valence-electron chi connectivity index (χ4n) is 3.53. The summed E-state index contributed by atoms with van der Waals surface area (Å²) in [6.07, 6.45) is 0.980. The standard InChI is InChI=1S/C26H22IP.HI/c27-20-23-13-8-7-11-21(23)19-22-12-9-10-18-26(22)28(24-14-3-1-4-15-24)25-16-5-2-6-17-25;/h1-18H,19-20H2;1H. The number of hydrogen-bond acceptors (Lipinski definition) is 0. The van der Waals surface area contributed by atoms with Crippen molar-refractivity contribution in [2.24, 2.45) is 0 Å². The highest BCUT2D eigenvalue weighted by Gasteiger charge is 2.19. The number of halogens is 2. The van der Waals surface area contributed by atoms with E-state index in [4.69, 9.17) is 0 Å². The van der Waals surface area contributed by atoms with E-state index in [9.17, 15) is 0 Å². The highest BCUT2D eigenvalue weighted by Crippen LogP contribution is 2.34. The summed E-state index contributed by atoms with van der Waals surface area (Å²) in [5.74, 6) is 0. The third-order valence-corrected chi connectivity index (χ3v) is 8.27. The molecule has 0 unspecified atom stereocenters. The predicted octanol–water partition coefficient (Wildman–Crippen LogP) is 6.59. The number of alkyl halides is 1. The lowest BCUT2D eigenvalue weighted by molar-refractivity contribution is 1.16. The van der Waals surface area contributed by atoms with Crippen LogP contribution in [0.5, 0.6) is 0 Å². The van der Waals surface area contributed by atoms with Crippen LogP contribution in [0.4, 0.5) is 0 Å². The van der Waals surface area contributed by atoms with Gasteiger partial charge in [-0.25, -0.2) is 0 Å². The van der Waals surface area contributed by atoms with Gasteiger partial charge in [0.2, 0.25) is 0 Å². The Morgan fingerprint density at radius 1 is 0.517 bits per heavy atom. The zero-order valence-electron chi connectivity index (χ0n) is 16.0. The molecule has 0 nitrogen and oxygen atoms in total. The highest BCUT2D eigenvalue weighted by molar-refractivity contribution is 14.1. The minimum Gasteiger partial charge on any atom is -0.107 e. The average molecular weight is 620 g/mol. The summed E-state index contributed by atoms with van der Waals surface area (Å²) in [7, 11) is -0.579. The molecule has 0 amide bonds. The van der Waals surface area contributed by atoms with Crippen molar-refractivity contribution in [3.63, 3.8) is 0 Å². The van der Waals surface area contributed by atoms with Crippen molar-refractivity contribution in [2.75, 3.05) is 0 Å². The van der Waals surface area contributed by atoms with Crippen molar-refractivity contribution in [1.29, 1.82) is 0 Å². The van der Waals surface area contributed by atoms with Crippen molar-refractivity contribution < 1.29 is 0 Å². The van der Waals surface area contributed by atoms with Crippen LogP contribution in [-0.2, 0) is 10.8 Å². The molecule has 0 radical (unpaired) electrons. The molecule has 0 aliphatic rings. The minimum atomic E-state index is -0.579. The molecule has 0 aliphatic heterocycles. The molecule has 0 spiro atoms. The molecule has 0 aliphatic carbocycles. The fraction of sp³-hybridized carbons (Fsp3) is 0.0769. The van der Waals surface area contributed by atoms with Crippen molar-refractivity contribution in [3.8, 4) is 0 Å². The lowest BCUT2D eigenvalue weighted by Gasteiger charge is -2.22. The maximum absolute atomic E-state index is 2.47. The van der Waals surface area contributed by atoms with Gasteiger partial charge < -0.3 is 0 Å². The second-order valence-electron chi connectivity index (χ2n) is 6.71. The summed E-state index contributed by atoms with van der Waals surface area (Å²) in [4.78, 5) is 0. The molecular weight excluding hydrogens is 597 g/mol. The summed E-state index contributed by atoms with van der Waals surface area (Å²) < 4.78 is 1.04. The average Bonchev–Trinajstić information content (AvgIpc) is 2.77. The SMILES string of the molecule is I.ICc1ccccc1Cc1ccccc1P(c1ccccc1)c1ccccc1. The van der Waals surface area contributed by atoms with Crippen molar-refractivity contribution in [3.05, 3.63) is 126 Å². The van der Waals surface area contributed by atoms with Crippen LogP contribution in [-0.4, -0.2) is 0 Å². The summed E-state index contributed by atoms with van der Waals surface area (Å²) in [5, 5.41) is 4.26. The van der Waals surface area contributed by atoms with Crippen LogP contribution in [0.3, 0.4) is 0 Å². The zero-order valence-corrected chi connectivity index (χ0v) is 21.4. The van der Waals surface area contributed by atoms with Gasteiger partial charge in [-0.3, -0.25) is 0 Å². The van der Waals surface area contributed by atoms with E-state index in [1.54, 1.807) is 0 Å². The molecule has 4 aromatic carbocycles. The molecule has 4 aromatic rings. The molecule has 0 saturated carbocycles. The van der Waals surface area contributed by atoms with Crippen molar-refractivity contribution in [1.82, 2.24) is 0 Å². The smallest absolute Gasteiger partial charge is 0.0249 e. The largest absolute Gasteiger partial charge is 0.107 e. The summed E-state index contributed by atoms with van der Waals surface area (Å²) in [6.45, 7) is 0. The van der Waals surface area contributed by atoms with Crippen molar-refractivity contribution in [2.45, 2.75) is 10.8 Å². The predicted molar refractivity (Wildman–Crippen MR) is 148 cm³/mol. The van der Waals surface area contributed by atoms with E-state index in [1.165, 1.54) is 32.6 Å². The molecular formula is C26H23I2P. The Hall–Kier alpha value is -1.23. The lowest BCUT2D eigenvalue weighted by Crippen LogP contribution is -2.23. The van der Waals surface area contributed by atoms with E-state index in [0.717, 1.165) is 10.8 Å². The van der Waals surface area contributed by atoms with Crippen LogP contribution < -0.4 is 15.9 Å². The molecule has 0 heterocycles. The highest BCUT2D eigenvalue weighted by atomic mass is 127. The lowest BCUT2D eigenvalue weighted by atomic mass is 10.0. The van der Waals surface area contributed by atoms with Gasteiger partial charge in [0.1, 0.15) is 0 Å². The number of hydrogen-bond donors (Lipinski definition) is 0. The van der Waals surface area contributed by atoms with Crippen LogP contribution >= 0.6 is 54.5 Å². The third kappa shape index (κ3) is 5.48. The fourth-order valence-corrected chi connectivity index (χ4v) is 6.74. The van der Waals surface area contributed by atoms with Gasteiger partial charge in [-0.1, -0.05) is 132 Å². The maximum Gasteiger partial charge on any atom is 0.0249 e. The van der Waals surface area contributed by atoms with E-state index in [2.05, 4.69) is 132 Å². The maximum atomic E-state index is 2.47.